The van der Waals surface area contributed by atoms with Gasteiger partial charge in [-0.2, -0.15) is 0 Å². The summed E-state index contributed by atoms with van der Waals surface area (Å²) >= 11 is 0. The summed E-state index contributed by atoms with van der Waals surface area (Å²) in [6.45, 7) is 11.9. The molecule has 0 spiro atoms. The van der Waals surface area contributed by atoms with E-state index in [1.165, 1.54) is 0 Å². The predicted molar refractivity (Wildman–Crippen MR) is 163 cm³/mol. The molecular weight excluding hydrogens is 540 g/mol. The van der Waals surface area contributed by atoms with E-state index >= 15 is 0 Å². The third-order valence-electron chi connectivity index (χ3n) is 7.40. The van der Waals surface area contributed by atoms with Gasteiger partial charge in [-0.15, -0.1) is 0 Å². The predicted octanol–water partition coefficient (Wildman–Crippen LogP) is 5.16. The van der Waals surface area contributed by atoms with Crippen molar-refractivity contribution >= 4 is 50.8 Å². The number of nitro groups is 1. The molecule has 4 aromatic rings. The summed E-state index contributed by atoms with van der Waals surface area (Å²) in [5.74, 6) is 0. The van der Waals surface area contributed by atoms with Gasteiger partial charge >= 0.3 is 6.09 Å². The molecule has 224 valence electrons. The van der Waals surface area contributed by atoms with Gasteiger partial charge in [-0.25, -0.2) is 4.79 Å². The minimum atomic E-state index is -0.470. The number of anilines is 3. The summed E-state index contributed by atoms with van der Waals surface area (Å²) in [5.41, 5.74) is 9.71. The van der Waals surface area contributed by atoms with E-state index in [0.717, 1.165) is 72.6 Å². The van der Waals surface area contributed by atoms with Gasteiger partial charge in [0.2, 0.25) is 0 Å². The van der Waals surface area contributed by atoms with Crippen LogP contribution in [0.4, 0.5) is 27.5 Å². The van der Waals surface area contributed by atoms with E-state index in [-0.39, 0.29) is 16.7 Å². The number of nitro benzene ring substituents is 1. The van der Waals surface area contributed by atoms with Gasteiger partial charge in [0, 0.05) is 81.0 Å². The zero-order valence-corrected chi connectivity index (χ0v) is 24.5. The minimum Gasteiger partial charge on any atom is -0.462 e. The Morgan fingerprint density at radius 1 is 0.857 bits per heavy atom. The lowest BCUT2D eigenvalue weighted by Gasteiger charge is -2.36. The first-order valence-corrected chi connectivity index (χ1v) is 14.1. The number of likely N-dealkylation sites (N-methyl/N-ethyl adjacent to an activating group) is 1. The van der Waals surface area contributed by atoms with Crippen molar-refractivity contribution in [2.24, 2.45) is 0 Å². The molecule has 1 amide bonds. The summed E-state index contributed by atoms with van der Waals surface area (Å²) in [5, 5.41) is 12.8. The van der Waals surface area contributed by atoms with Crippen LogP contribution in [0.2, 0.25) is 0 Å². The van der Waals surface area contributed by atoms with Gasteiger partial charge in [0.05, 0.1) is 28.8 Å². The standard InChI is InChI=1S/C17H23N3O3.C13H15N3O3/c1-17(2,3)23-16(21)20-7-5-19(6-8-20)14-11-13(18)10-12-4-9-22-15(12)14;1-14-3-5-15(6-4-14)12-9-11(16(17)18)8-10-2-7-19-13(10)12/h4,9-11H,5-8,18H2,1-3H3;2,7-9H,3-6H2,1H3. The number of carbonyl (C=O) groups excluding carboxylic acids is 1. The van der Waals surface area contributed by atoms with Crippen molar-refractivity contribution in [3.63, 3.8) is 0 Å². The molecule has 2 aliphatic rings. The van der Waals surface area contributed by atoms with E-state index in [1.807, 2.05) is 39.0 Å². The van der Waals surface area contributed by atoms with Crippen LogP contribution in [0.1, 0.15) is 20.8 Å². The molecule has 2 fully saturated rings. The average molecular weight is 579 g/mol. The van der Waals surface area contributed by atoms with Gasteiger partial charge < -0.3 is 38.9 Å². The largest absolute Gasteiger partial charge is 0.462 e. The van der Waals surface area contributed by atoms with E-state index in [0.29, 0.717) is 18.8 Å². The number of ether oxygens (including phenoxy) is 1. The number of nitrogen functional groups attached to an aromatic ring is 1. The Kier molecular flexibility index (Phi) is 8.17. The fourth-order valence-corrected chi connectivity index (χ4v) is 5.21. The van der Waals surface area contributed by atoms with Crippen LogP contribution in [-0.2, 0) is 4.74 Å². The van der Waals surface area contributed by atoms with E-state index in [9.17, 15) is 14.9 Å². The van der Waals surface area contributed by atoms with Crippen LogP contribution in [0.3, 0.4) is 0 Å². The molecular formula is C30H38N6O6. The molecule has 0 aliphatic carbocycles. The van der Waals surface area contributed by atoms with Crippen molar-refractivity contribution in [1.29, 1.82) is 0 Å². The summed E-state index contributed by atoms with van der Waals surface area (Å²) in [7, 11) is 2.08. The second-order valence-corrected chi connectivity index (χ2v) is 11.7. The highest BCUT2D eigenvalue weighted by atomic mass is 16.6. The first-order valence-electron chi connectivity index (χ1n) is 14.1. The lowest BCUT2D eigenvalue weighted by atomic mass is 10.1. The summed E-state index contributed by atoms with van der Waals surface area (Å²) in [6, 6.07) is 10.7. The van der Waals surface area contributed by atoms with Gasteiger partial charge in [-0.3, -0.25) is 10.1 Å². The Labute approximate surface area is 244 Å². The molecule has 2 aromatic heterocycles. The maximum atomic E-state index is 12.1. The molecule has 2 aromatic carbocycles. The number of benzene rings is 2. The highest BCUT2D eigenvalue weighted by molar-refractivity contribution is 5.93. The number of nitrogens with two attached hydrogens (primary N) is 1. The molecule has 0 atom stereocenters. The van der Waals surface area contributed by atoms with E-state index < -0.39 is 5.60 Å². The molecule has 12 nitrogen and oxygen atoms in total. The van der Waals surface area contributed by atoms with E-state index in [2.05, 4.69) is 21.7 Å². The number of furan rings is 2. The van der Waals surface area contributed by atoms with Crippen LogP contribution in [0, 0.1) is 10.1 Å². The van der Waals surface area contributed by atoms with Crippen molar-refractivity contribution in [3.05, 3.63) is 59.0 Å². The molecule has 42 heavy (non-hydrogen) atoms. The number of piperazine rings is 2. The van der Waals surface area contributed by atoms with E-state index in [1.54, 1.807) is 35.6 Å². The van der Waals surface area contributed by atoms with Crippen LogP contribution in [0.25, 0.3) is 21.9 Å². The zero-order chi connectivity index (χ0) is 30.0. The number of hydrogen-bond acceptors (Lipinski definition) is 10. The van der Waals surface area contributed by atoms with Crippen LogP contribution < -0.4 is 15.5 Å². The first kappa shape index (κ1) is 29.1. The molecule has 6 rings (SSSR count). The third-order valence-corrected chi connectivity index (χ3v) is 7.40. The van der Waals surface area contributed by atoms with Crippen LogP contribution in [0.5, 0.6) is 0 Å². The molecule has 2 N–H and O–H groups in total. The lowest BCUT2D eigenvalue weighted by molar-refractivity contribution is -0.384. The van der Waals surface area contributed by atoms with E-state index in [4.69, 9.17) is 19.3 Å². The number of hydrogen-bond donors (Lipinski definition) is 1. The Morgan fingerprint density at radius 2 is 1.38 bits per heavy atom. The lowest BCUT2D eigenvalue weighted by Crippen LogP contribution is -2.50. The topological polar surface area (TPSA) is 135 Å². The Bertz CT molecular complexity index is 1560. The zero-order valence-electron chi connectivity index (χ0n) is 24.5. The molecule has 0 unspecified atom stereocenters. The molecule has 2 aliphatic heterocycles. The number of fused-ring (bicyclic) bond motifs is 2. The van der Waals surface area contributed by atoms with Crippen molar-refractivity contribution in [2.45, 2.75) is 26.4 Å². The van der Waals surface area contributed by atoms with Crippen molar-refractivity contribution in [3.8, 4) is 0 Å². The molecule has 0 bridgehead atoms. The van der Waals surface area contributed by atoms with Crippen molar-refractivity contribution in [2.75, 3.05) is 74.9 Å². The number of non-ortho nitro benzene ring substituents is 1. The summed E-state index contributed by atoms with van der Waals surface area (Å²) in [6.07, 6.45) is 2.99. The molecule has 0 saturated carbocycles. The fraction of sp³-hybridized carbons (Fsp3) is 0.433. The van der Waals surface area contributed by atoms with Crippen molar-refractivity contribution in [1.82, 2.24) is 9.80 Å². The number of rotatable bonds is 3. The number of nitrogens with zero attached hydrogens (tertiary/aromatic N) is 5. The fourth-order valence-electron chi connectivity index (χ4n) is 5.21. The van der Waals surface area contributed by atoms with Crippen LogP contribution in [-0.4, -0.2) is 85.8 Å². The van der Waals surface area contributed by atoms with Gasteiger partial charge in [0.15, 0.2) is 11.2 Å². The summed E-state index contributed by atoms with van der Waals surface area (Å²) < 4.78 is 16.5. The highest BCUT2D eigenvalue weighted by Gasteiger charge is 2.27. The Balaban J connectivity index is 0.000000171. The average Bonchev–Trinajstić information content (AvgIpc) is 3.62. The second-order valence-electron chi connectivity index (χ2n) is 11.7. The maximum Gasteiger partial charge on any atom is 0.410 e. The van der Waals surface area contributed by atoms with Gasteiger partial charge in [0.1, 0.15) is 5.60 Å². The Hall–Kier alpha value is -4.45. The summed E-state index contributed by atoms with van der Waals surface area (Å²) in [4.78, 5) is 31.1. The normalized spacial score (nSPS) is 16.4. The van der Waals surface area contributed by atoms with Gasteiger partial charge in [-0.1, -0.05) is 0 Å². The van der Waals surface area contributed by atoms with Gasteiger partial charge in [0.25, 0.3) is 5.69 Å². The SMILES string of the molecule is CC(C)(C)OC(=O)N1CCN(c2cc(N)cc3ccoc23)CC1.CN1CCN(c2cc([N+](=O)[O-])cc3ccoc23)CC1. The van der Waals surface area contributed by atoms with Crippen molar-refractivity contribution < 1.29 is 23.3 Å². The number of amides is 1. The third kappa shape index (κ3) is 6.54. The molecule has 0 radical (unpaired) electrons. The maximum absolute atomic E-state index is 12.1. The number of carbonyl (C=O) groups is 1. The smallest absolute Gasteiger partial charge is 0.410 e. The Morgan fingerprint density at radius 3 is 1.93 bits per heavy atom. The van der Waals surface area contributed by atoms with Crippen LogP contribution in [0.15, 0.2) is 57.8 Å². The van der Waals surface area contributed by atoms with Crippen LogP contribution >= 0.6 is 0 Å². The molecule has 12 heteroatoms. The van der Waals surface area contributed by atoms with Gasteiger partial charge in [-0.05, 0) is 52.1 Å². The second kappa shape index (κ2) is 11.8. The monoisotopic (exact) mass is 578 g/mol. The minimum absolute atomic E-state index is 0.114. The first-order chi connectivity index (χ1) is 20.0. The quantitative estimate of drug-likeness (QED) is 0.197. The highest BCUT2D eigenvalue weighted by Crippen LogP contribution is 2.34. The molecule has 2 saturated heterocycles. The molecule has 4 heterocycles.